The standard InChI is InChI=1S/C11H14N2O3.ClH/c1-4-5-13(2)9-6-8(11(14)15)7-10(12-9)16-3;/h4,6-7H,1,5H2,2-3H3,(H,14,15);1H. The van der Waals surface area contributed by atoms with E-state index in [4.69, 9.17) is 9.84 Å². The van der Waals surface area contributed by atoms with Crippen molar-refractivity contribution in [2.45, 2.75) is 0 Å². The van der Waals surface area contributed by atoms with E-state index < -0.39 is 5.97 Å². The Morgan fingerprint density at radius 2 is 2.29 bits per heavy atom. The molecule has 1 heterocycles. The highest BCUT2D eigenvalue weighted by Crippen LogP contribution is 2.18. The quantitative estimate of drug-likeness (QED) is 0.817. The first-order valence-electron chi connectivity index (χ1n) is 4.70. The summed E-state index contributed by atoms with van der Waals surface area (Å²) in [5, 5.41) is 8.92. The topological polar surface area (TPSA) is 62.7 Å². The van der Waals surface area contributed by atoms with E-state index in [0.29, 0.717) is 12.4 Å². The minimum atomic E-state index is -1.01. The van der Waals surface area contributed by atoms with Gasteiger partial charge in [-0.1, -0.05) is 6.08 Å². The Morgan fingerprint density at radius 3 is 2.76 bits per heavy atom. The predicted octanol–water partition coefficient (Wildman–Crippen LogP) is 1.83. The van der Waals surface area contributed by atoms with E-state index in [1.54, 1.807) is 18.0 Å². The Bertz CT molecular complexity index is 410. The van der Waals surface area contributed by atoms with E-state index in [0.717, 1.165) is 0 Å². The fraction of sp³-hybridized carbons (Fsp3) is 0.273. The Kier molecular flexibility index (Phi) is 6.06. The van der Waals surface area contributed by atoms with Gasteiger partial charge in [0.2, 0.25) is 5.88 Å². The molecule has 0 saturated carbocycles. The highest BCUT2D eigenvalue weighted by molar-refractivity contribution is 5.88. The summed E-state index contributed by atoms with van der Waals surface area (Å²) in [5.41, 5.74) is 0.151. The number of hydrogen-bond acceptors (Lipinski definition) is 4. The third-order valence-corrected chi connectivity index (χ3v) is 2.04. The summed E-state index contributed by atoms with van der Waals surface area (Å²) in [4.78, 5) is 16.8. The zero-order valence-electron chi connectivity index (χ0n) is 9.71. The first kappa shape index (κ1) is 15.2. The molecule has 0 aliphatic carbocycles. The molecular weight excluding hydrogens is 244 g/mol. The van der Waals surface area contributed by atoms with Crippen LogP contribution in [0, 0.1) is 0 Å². The number of rotatable bonds is 5. The molecule has 0 aliphatic heterocycles. The van der Waals surface area contributed by atoms with Gasteiger partial charge in [0.05, 0.1) is 12.7 Å². The number of aromatic nitrogens is 1. The zero-order valence-corrected chi connectivity index (χ0v) is 10.5. The number of hydrogen-bond donors (Lipinski definition) is 1. The summed E-state index contributed by atoms with van der Waals surface area (Å²) in [7, 11) is 3.25. The maximum absolute atomic E-state index is 10.9. The molecule has 5 nitrogen and oxygen atoms in total. The van der Waals surface area contributed by atoms with E-state index in [9.17, 15) is 4.79 Å². The van der Waals surface area contributed by atoms with Crippen molar-refractivity contribution in [3.05, 3.63) is 30.4 Å². The normalized spacial score (nSPS) is 9.06. The van der Waals surface area contributed by atoms with E-state index in [1.807, 2.05) is 0 Å². The lowest BCUT2D eigenvalue weighted by Crippen LogP contribution is -2.18. The molecule has 0 amide bonds. The second-order valence-electron chi connectivity index (χ2n) is 3.23. The average molecular weight is 259 g/mol. The molecule has 1 N–H and O–H groups in total. The number of anilines is 1. The molecule has 0 bridgehead atoms. The summed E-state index contributed by atoms with van der Waals surface area (Å²) in [5.74, 6) is -0.184. The second kappa shape index (κ2) is 6.75. The van der Waals surface area contributed by atoms with Crippen molar-refractivity contribution < 1.29 is 14.6 Å². The molecule has 17 heavy (non-hydrogen) atoms. The molecule has 0 radical (unpaired) electrons. The van der Waals surface area contributed by atoms with Crippen LogP contribution in [0.1, 0.15) is 10.4 Å². The minimum Gasteiger partial charge on any atom is -0.481 e. The number of pyridine rings is 1. The Morgan fingerprint density at radius 1 is 1.65 bits per heavy atom. The minimum absolute atomic E-state index is 0. The van der Waals surface area contributed by atoms with Crippen molar-refractivity contribution in [2.75, 3.05) is 25.6 Å². The number of carboxylic acid groups (broad SMARTS) is 1. The third-order valence-electron chi connectivity index (χ3n) is 2.04. The van der Waals surface area contributed by atoms with Gasteiger partial charge in [-0.05, 0) is 6.07 Å². The van der Waals surface area contributed by atoms with Crippen LogP contribution in [0.2, 0.25) is 0 Å². The van der Waals surface area contributed by atoms with Crippen LogP contribution in [0.15, 0.2) is 24.8 Å². The number of halogens is 1. The number of aromatic carboxylic acids is 1. The Balaban J connectivity index is 0.00000256. The van der Waals surface area contributed by atoms with Crippen LogP contribution in [-0.2, 0) is 0 Å². The molecule has 6 heteroatoms. The summed E-state index contributed by atoms with van der Waals surface area (Å²) in [6, 6.07) is 2.88. The van der Waals surface area contributed by atoms with Crippen LogP contribution < -0.4 is 9.64 Å². The maximum atomic E-state index is 10.9. The van der Waals surface area contributed by atoms with E-state index >= 15 is 0 Å². The summed E-state index contributed by atoms with van der Waals surface area (Å²) in [6.45, 7) is 4.19. The lowest BCUT2D eigenvalue weighted by Gasteiger charge is -2.16. The molecular formula is C11H15ClN2O3. The van der Waals surface area contributed by atoms with Gasteiger partial charge in [-0.3, -0.25) is 0 Å². The molecule has 1 aromatic rings. The second-order valence-corrected chi connectivity index (χ2v) is 3.23. The van der Waals surface area contributed by atoms with Crippen molar-refractivity contribution in [3.8, 4) is 5.88 Å². The van der Waals surface area contributed by atoms with Crippen molar-refractivity contribution in [1.82, 2.24) is 4.98 Å². The Hall–Kier alpha value is -1.75. The monoisotopic (exact) mass is 258 g/mol. The molecule has 0 unspecified atom stereocenters. The van der Waals surface area contributed by atoms with Crippen LogP contribution in [0.3, 0.4) is 0 Å². The van der Waals surface area contributed by atoms with Gasteiger partial charge < -0.3 is 14.7 Å². The number of methoxy groups -OCH3 is 1. The molecule has 0 atom stereocenters. The molecule has 0 saturated heterocycles. The van der Waals surface area contributed by atoms with Gasteiger partial charge in [-0.15, -0.1) is 19.0 Å². The van der Waals surface area contributed by atoms with Crippen molar-refractivity contribution in [1.29, 1.82) is 0 Å². The number of nitrogens with zero attached hydrogens (tertiary/aromatic N) is 2. The first-order chi connectivity index (χ1) is 7.58. The van der Waals surface area contributed by atoms with Gasteiger partial charge in [0.15, 0.2) is 0 Å². The van der Waals surface area contributed by atoms with Crippen molar-refractivity contribution >= 4 is 24.2 Å². The van der Waals surface area contributed by atoms with Gasteiger partial charge in [0, 0.05) is 19.7 Å². The van der Waals surface area contributed by atoms with Crippen LogP contribution in [0.25, 0.3) is 0 Å². The fourth-order valence-electron chi connectivity index (χ4n) is 1.20. The highest BCUT2D eigenvalue weighted by Gasteiger charge is 2.10. The smallest absolute Gasteiger partial charge is 0.336 e. The van der Waals surface area contributed by atoms with Gasteiger partial charge in [-0.25, -0.2) is 4.79 Å². The SMILES string of the molecule is C=CCN(C)c1cc(C(=O)O)cc(OC)n1.Cl. The van der Waals surface area contributed by atoms with Crippen LogP contribution in [0.4, 0.5) is 5.82 Å². The zero-order chi connectivity index (χ0) is 12.1. The molecule has 0 fully saturated rings. The van der Waals surface area contributed by atoms with Gasteiger partial charge in [-0.2, -0.15) is 4.98 Å². The molecule has 1 rings (SSSR count). The number of carboxylic acids is 1. The van der Waals surface area contributed by atoms with Crippen LogP contribution in [-0.4, -0.2) is 36.8 Å². The van der Waals surface area contributed by atoms with E-state index in [-0.39, 0.29) is 23.9 Å². The van der Waals surface area contributed by atoms with Gasteiger partial charge in [0.1, 0.15) is 5.82 Å². The molecule has 0 spiro atoms. The van der Waals surface area contributed by atoms with Crippen LogP contribution >= 0.6 is 12.4 Å². The lowest BCUT2D eigenvalue weighted by atomic mass is 10.2. The third kappa shape index (κ3) is 3.96. The number of carbonyl (C=O) groups is 1. The number of likely N-dealkylation sites (N-methyl/N-ethyl adjacent to an activating group) is 1. The molecule has 0 aromatic carbocycles. The first-order valence-corrected chi connectivity index (χ1v) is 4.70. The molecule has 0 aliphatic rings. The maximum Gasteiger partial charge on any atom is 0.336 e. The van der Waals surface area contributed by atoms with Crippen LogP contribution in [0.5, 0.6) is 5.88 Å². The van der Waals surface area contributed by atoms with Crippen molar-refractivity contribution in [2.24, 2.45) is 0 Å². The summed E-state index contributed by atoms with van der Waals surface area (Å²) in [6.07, 6.45) is 1.71. The lowest BCUT2D eigenvalue weighted by molar-refractivity contribution is 0.0696. The number of ether oxygens (including phenoxy) is 1. The highest BCUT2D eigenvalue weighted by atomic mass is 35.5. The Labute approximate surface area is 106 Å². The molecule has 94 valence electrons. The fourth-order valence-corrected chi connectivity index (χ4v) is 1.20. The summed E-state index contributed by atoms with van der Waals surface area (Å²) >= 11 is 0. The molecule has 1 aromatic heterocycles. The van der Waals surface area contributed by atoms with Gasteiger partial charge >= 0.3 is 5.97 Å². The van der Waals surface area contributed by atoms with E-state index in [1.165, 1.54) is 19.2 Å². The van der Waals surface area contributed by atoms with E-state index in [2.05, 4.69) is 11.6 Å². The largest absolute Gasteiger partial charge is 0.481 e. The van der Waals surface area contributed by atoms with Crippen molar-refractivity contribution in [3.63, 3.8) is 0 Å². The predicted molar refractivity (Wildman–Crippen MR) is 68.5 cm³/mol. The van der Waals surface area contributed by atoms with Gasteiger partial charge in [0.25, 0.3) is 0 Å². The summed E-state index contributed by atoms with van der Waals surface area (Å²) < 4.78 is 4.95. The average Bonchev–Trinajstić information content (AvgIpc) is 2.28.